The fourth-order valence-electron chi connectivity index (χ4n) is 6.76. The summed E-state index contributed by atoms with van der Waals surface area (Å²) in [6, 6.07) is 23.2. The van der Waals surface area contributed by atoms with Crippen molar-refractivity contribution in [1.29, 1.82) is 0 Å². The molecule has 11 nitrogen and oxygen atoms in total. The van der Waals surface area contributed by atoms with Crippen LogP contribution in [-0.4, -0.2) is 74.0 Å². The molecule has 55 heavy (non-hydrogen) atoms. The molecule has 5 atom stereocenters. The highest BCUT2D eigenvalue weighted by molar-refractivity contribution is 5.86. The van der Waals surface area contributed by atoms with Crippen LogP contribution in [0.25, 0.3) is 11.1 Å². The number of methoxy groups -OCH3 is 1. The lowest BCUT2D eigenvalue weighted by atomic mass is 9.85. The van der Waals surface area contributed by atoms with Crippen molar-refractivity contribution in [3.8, 4) is 16.9 Å². The van der Waals surface area contributed by atoms with E-state index in [4.69, 9.17) is 9.47 Å². The van der Waals surface area contributed by atoms with Gasteiger partial charge in [0.1, 0.15) is 23.4 Å². The molecular formula is C43H52FN5O6. The molecule has 0 fully saturated rings. The number of carbonyl (C=O) groups excluding carboxylic acids is 3. The highest BCUT2D eigenvalue weighted by atomic mass is 19.1. The van der Waals surface area contributed by atoms with Crippen LogP contribution in [0.5, 0.6) is 5.75 Å². The average Bonchev–Trinajstić information content (AvgIpc) is 3.17. The van der Waals surface area contributed by atoms with Gasteiger partial charge in [0.15, 0.2) is 0 Å². The molecule has 4 aromatic rings. The molecule has 1 aromatic heterocycles. The highest BCUT2D eigenvalue weighted by Gasteiger charge is 2.37. The minimum absolute atomic E-state index is 0.0188. The zero-order chi connectivity index (χ0) is 39.7. The van der Waals surface area contributed by atoms with Gasteiger partial charge in [-0.1, -0.05) is 81.4 Å². The number of aliphatic hydroxyl groups is 1. The second-order valence-corrected chi connectivity index (χ2v) is 15.3. The molecule has 0 aliphatic carbocycles. The second kappa shape index (κ2) is 18.2. The molecule has 3 amide bonds. The third kappa shape index (κ3) is 10.8. The summed E-state index contributed by atoms with van der Waals surface area (Å²) < 4.78 is 25.6. The predicted octanol–water partition coefficient (Wildman–Crippen LogP) is 6.00. The number of aromatic nitrogens is 1. The maximum Gasteiger partial charge on any atom is 0.407 e. The Morgan fingerprint density at radius 1 is 0.927 bits per heavy atom. The monoisotopic (exact) mass is 753 g/mol. The number of anilines is 1. The van der Waals surface area contributed by atoms with E-state index in [0.717, 1.165) is 28.1 Å². The molecule has 3 aromatic carbocycles. The van der Waals surface area contributed by atoms with Crippen LogP contribution in [0.15, 0.2) is 91.1 Å². The summed E-state index contributed by atoms with van der Waals surface area (Å²) in [6.45, 7) is 5.84. The number of nitrogens with one attached hydrogen (secondary N) is 3. The number of amides is 3. The van der Waals surface area contributed by atoms with Gasteiger partial charge in [-0.05, 0) is 65.6 Å². The molecule has 0 spiro atoms. The van der Waals surface area contributed by atoms with Crippen molar-refractivity contribution < 1.29 is 33.4 Å². The minimum atomic E-state index is -1.25. The maximum absolute atomic E-state index is 15.1. The largest absolute Gasteiger partial charge is 0.493 e. The van der Waals surface area contributed by atoms with Crippen LogP contribution < -0.4 is 25.6 Å². The van der Waals surface area contributed by atoms with Gasteiger partial charge in [0.2, 0.25) is 11.8 Å². The number of alkyl carbamates (subject to hydrolysis) is 1. The number of ether oxygens (including phenoxy) is 2. The van der Waals surface area contributed by atoms with Gasteiger partial charge < -0.3 is 35.4 Å². The van der Waals surface area contributed by atoms with Crippen molar-refractivity contribution in [3.05, 3.63) is 114 Å². The average molecular weight is 754 g/mol. The first kappa shape index (κ1) is 40.7. The van der Waals surface area contributed by atoms with Crippen molar-refractivity contribution in [1.82, 2.24) is 20.9 Å². The van der Waals surface area contributed by atoms with Crippen molar-refractivity contribution in [2.45, 2.75) is 70.7 Å². The molecule has 0 bridgehead atoms. The van der Waals surface area contributed by atoms with Gasteiger partial charge in [0.05, 0.1) is 31.9 Å². The Kier molecular flexibility index (Phi) is 13.5. The van der Waals surface area contributed by atoms with E-state index in [2.05, 4.69) is 20.9 Å². The molecule has 1 aliphatic rings. The van der Waals surface area contributed by atoms with E-state index in [1.54, 1.807) is 45.2 Å². The summed E-state index contributed by atoms with van der Waals surface area (Å²) in [7, 11) is 5.07. The van der Waals surface area contributed by atoms with Crippen molar-refractivity contribution in [3.63, 3.8) is 0 Å². The van der Waals surface area contributed by atoms with Gasteiger partial charge in [-0.15, -0.1) is 0 Å². The number of fused-ring (bicyclic) bond motifs is 1. The SMILES string of the molecule is COC(=O)NC(C(=O)NC(Cc1ccc(-c2ccc(N(C)C)nc2)cc1)C(O)CC(Cc1ccccc1F)C(=O)NC1CCOc2ccccc21)C(C)(C)C. The van der Waals surface area contributed by atoms with Crippen molar-refractivity contribution in [2.24, 2.45) is 11.3 Å². The summed E-state index contributed by atoms with van der Waals surface area (Å²) in [4.78, 5) is 46.8. The molecular weight excluding hydrogens is 701 g/mol. The van der Waals surface area contributed by atoms with E-state index in [0.29, 0.717) is 24.3 Å². The van der Waals surface area contributed by atoms with Crippen LogP contribution in [0.1, 0.15) is 56.3 Å². The van der Waals surface area contributed by atoms with Crippen LogP contribution in [0.4, 0.5) is 15.0 Å². The van der Waals surface area contributed by atoms with E-state index in [1.807, 2.05) is 79.7 Å². The van der Waals surface area contributed by atoms with Gasteiger partial charge in [-0.25, -0.2) is 14.2 Å². The number of para-hydroxylation sites is 1. The van der Waals surface area contributed by atoms with E-state index in [-0.39, 0.29) is 31.2 Å². The third-order valence-electron chi connectivity index (χ3n) is 9.91. The molecule has 5 rings (SSSR count). The fraction of sp³-hybridized carbons (Fsp3) is 0.395. The van der Waals surface area contributed by atoms with Gasteiger partial charge in [0.25, 0.3) is 0 Å². The number of pyridine rings is 1. The van der Waals surface area contributed by atoms with Gasteiger partial charge in [-0.3, -0.25) is 9.59 Å². The van der Waals surface area contributed by atoms with E-state index >= 15 is 4.39 Å². The predicted molar refractivity (Wildman–Crippen MR) is 210 cm³/mol. The van der Waals surface area contributed by atoms with Crippen LogP contribution in [0.3, 0.4) is 0 Å². The number of aliphatic hydroxyl groups excluding tert-OH is 1. The maximum atomic E-state index is 15.1. The quantitative estimate of drug-likeness (QED) is 0.123. The zero-order valence-corrected chi connectivity index (χ0v) is 32.3. The Morgan fingerprint density at radius 3 is 2.27 bits per heavy atom. The topological polar surface area (TPSA) is 142 Å². The van der Waals surface area contributed by atoms with Crippen molar-refractivity contribution in [2.75, 3.05) is 32.7 Å². The minimum Gasteiger partial charge on any atom is -0.493 e. The summed E-state index contributed by atoms with van der Waals surface area (Å²) >= 11 is 0. The molecule has 5 unspecified atom stereocenters. The molecule has 0 saturated heterocycles. The lowest BCUT2D eigenvalue weighted by molar-refractivity contribution is -0.128. The lowest BCUT2D eigenvalue weighted by Gasteiger charge is -2.34. The summed E-state index contributed by atoms with van der Waals surface area (Å²) in [5, 5.41) is 20.8. The Labute approximate surface area is 322 Å². The van der Waals surface area contributed by atoms with Crippen molar-refractivity contribution >= 4 is 23.7 Å². The van der Waals surface area contributed by atoms with E-state index in [9.17, 15) is 19.5 Å². The van der Waals surface area contributed by atoms with Crippen LogP contribution >= 0.6 is 0 Å². The first-order valence-electron chi connectivity index (χ1n) is 18.5. The number of rotatable bonds is 14. The highest BCUT2D eigenvalue weighted by Crippen LogP contribution is 2.32. The zero-order valence-electron chi connectivity index (χ0n) is 32.3. The fourth-order valence-corrected chi connectivity index (χ4v) is 6.76. The molecule has 1 aliphatic heterocycles. The number of halogens is 1. The normalized spacial score (nSPS) is 16.0. The summed E-state index contributed by atoms with van der Waals surface area (Å²) in [5.41, 5.74) is 3.14. The number of carbonyl (C=O) groups is 3. The van der Waals surface area contributed by atoms with Gasteiger partial charge >= 0.3 is 6.09 Å². The molecule has 2 heterocycles. The molecule has 0 saturated carbocycles. The Morgan fingerprint density at radius 2 is 1.62 bits per heavy atom. The van der Waals surface area contributed by atoms with Gasteiger partial charge in [-0.2, -0.15) is 0 Å². The number of hydrogen-bond donors (Lipinski definition) is 4. The number of benzene rings is 3. The summed E-state index contributed by atoms with van der Waals surface area (Å²) in [6.07, 6.45) is 0.443. The van der Waals surface area contributed by atoms with Crippen LogP contribution in [0, 0.1) is 17.2 Å². The molecule has 4 N–H and O–H groups in total. The Bertz CT molecular complexity index is 1910. The van der Waals surface area contributed by atoms with Crippen LogP contribution in [0.2, 0.25) is 0 Å². The van der Waals surface area contributed by atoms with Gasteiger partial charge in [0, 0.05) is 43.8 Å². The van der Waals surface area contributed by atoms with E-state index < -0.39 is 47.3 Å². The molecule has 0 radical (unpaired) electrons. The first-order valence-corrected chi connectivity index (χ1v) is 18.5. The first-order chi connectivity index (χ1) is 26.2. The van der Waals surface area contributed by atoms with E-state index in [1.165, 1.54) is 13.2 Å². The number of hydrogen-bond acceptors (Lipinski definition) is 8. The Balaban J connectivity index is 1.43. The molecule has 292 valence electrons. The smallest absolute Gasteiger partial charge is 0.407 e. The lowest BCUT2D eigenvalue weighted by Crippen LogP contribution is -2.57. The third-order valence-corrected chi connectivity index (χ3v) is 9.91. The van der Waals surface area contributed by atoms with Crippen LogP contribution in [-0.2, 0) is 27.2 Å². The Hall–Kier alpha value is -5.49. The summed E-state index contributed by atoms with van der Waals surface area (Å²) in [5.74, 6) is -0.679. The standard InChI is InChI=1S/C43H52FN5O6/c1-43(2,3)39(48-42(53)54-6)41(52)47-35(23-27-15-17-28(18-16-27)30-19-20-38(45-26-30)49(4)5)36(50)25-31(24-29-11-7-9-13-33(29)44)40(51)46-34-21-22-55-37-14-10-8-12-32(34)37/h7-20,26,31,34-36,39,50H,21-25H2,1-6H3,(H,46,51)(H,47,52)(H,48,53). The second-order valence-electron chi connectivity index (χ2n) is 15.3. The molecule has 12 heteroatoms. The number of nitrogens with zero attached hydrogens (tertiary/aromatic N) is 2.